The molecule has 10 nitrogen and oxygen atoms in total. The molecular formula is C38H45FN4O6. The number of likely N-dealkylation sites (tertiary alicyclic amines) is 1. The monoisotopic (exact) mass is 672 g/mol. The molecule has 11 heteroatoms. The van der Waals surface area contributed by atoms with Crippen molar-refractivity contribution in [2.45, 2.75) is 57.5 Å². The molecule has 5 rings (SSSR count). The first-order chi connectivity index (χ1) is 23.8. The molecule has 2 heterocycles. The summed E-state index contributed by atoms with van der Waals surface area (Å²) in [4.78, 5) is 58.9. The molecule has 49 heavy (non-hydrogen) atoms. The smallest absolute Gasteiger partial charge is 0.255 e. The van der Waals surface area contributed by atoms with Crippen molar-refractivity contribution >= 4 is 23.6 Å². The molecule has 0 saturated carbocycles. The van der Waals surface area contributed by atoms with Gasteiger partial charge in [-0.3, -0.25) is 19.2 Å². The van der Waals surface area contributed by atoms with Crippen LogP contribution >= 0.6 is 0 Å². The van der Waals surface area contributed by atoms with Crippen molar-refractivity contribution in [2.24, 2.45) is 5.92 Å². The van der Waals surface area contributed by atoms with Gasteiger partial charge in [-0.15, -0.1) is 0 Å². The number of ether oxygens (including phenoxy) is 2. The van der Waals surface area contributed by atoms with Crippen LogP contribution in [0.5, 0.6) is 11.5 Å². The minimum Gasteiger partial charge on any atom is -0.491 e. The number of nitrogens with zero attached hydrogens (tertiary/aromatic N) is 2. The molecule has 2 aliphatic heterocycles. The van der Waals surface area contributed by atoms with E-state index in [0.717, 1.165) is 24.8 Å². The molecule has 1 saturated heterocycles. The summed E-state index contributed by atoms with van der Waals surface area (Å²) in [6.45, 7) is 3.91. The molecule has 2 aliphatic rings. The normalized spacial score (nSPS) is 20.7. The number of fused-ring (bicyclic) bond motifs is 1. The number of hydrogen-bond acceptors (Lipinski definition) is 6. The molecule has 0 radical (unpaired) electrons. The molecule has 1 unspecified atom stereocenters. The topological polar surface area (TPSA) is 117 Å². The second-order valence-corrected chi connectivity index (χ2v) is 12.6. The highest BCUT2D eigenvalue weighted by Crippen LogP contribution is 2.23. The third-order valence-corrected chi connectivity index (χ3v) is 8.89. The Kier molecular flexibility index (Phi) is 12.6. The zero-order valence-electron chi connectivity index (χ0n) is 27.9. The lowest BCUT2D eigenvalue weighted by Crippen LogP contribution is -2.55. The van der Waals surface area contributed by atoms with Gasteiger partial charge in [0.05, 0.1) is 25.1 Å². The average Bonchev–Trinajstić information content (AvgIpc) is 3.12. The van der Waals surface area contributed by atoms with Crippen LogP contribution in [0.25, 0.3) is 0 Å². The Bertz CT molecular complexity index is 1590. The fraction of sp³-hybridized carbons (Fsp3) is 0.421. The van der Waals surface area contributed by atoms with Crippen LogP contribution in [-0.2, 0) is 20.8 Å². The number of rotatable bonds is 9. The molecule has 0 bridgehead atoms. The van der Waals surface area contributed by atoms with Gasteiger partial charge in [0.1, 0.15) is 24.4 Å². The summed E-state index contributed by atoms with van der Waals surface area (Å²) in [5.41, 5.74) is 1.10. The van der Waals surface area contributed by atoms with E-state index in [4.69, 9.17) is 9.47 Å². The van der Waals surface area contributed by atoms with Crippen LogP contribution in [-0.4, -0.2) is 84.9 Å². The van der Waals surface area contributed by atoms with E-state index in [1.807, 2.05) is 37.3 Å². The van der Waals surface area contributed by atoms with Gasteiger partial charge in [-0.05, 0) is 49.1 Å². The zero-order valence-corrected chi connectivity index (χ0v) is 27.9. The third kappa shape index (κ3) is 9.81. The van der Waals surface area contributed by atoms with Gasteiger partial charge >= 0.3 is 0 Å². The van der Waals surface area contributed by atoms with Gasteiger partial charge in [0.2, 0.25) is 17.7 Å². The predicted octanol–water partition coefficient (Wildman–Crippen LogP) is 4.38. The number of amides is 4. The van der Waals surface area contributed by atoms with Crippen LogP contribution in [0.2, 0.25) is 0 Å². The Morgan fingerprint density at radius 3 is 2.51 bits per heavy atom. The Labute approximate surface area is 286 Å². The summed E-state index contributed by atoms with van der Waals surface area (Å²) in [6.07, 6.45) is 3.00. The Morgan fingerprint density at radius 1 is 0.959 bits per heavy atom. The van der Waals surface area contributed by atoms with Crippen molar-refractivity contribution in [1.82, 2.24) is 20.4 Å². The second kappa shape index (κ2) is 17.5. The number of carbonyl (C=O) groups excluding carboxylic acids is 4. The Balaban J connectivity index is 1.39. The minimum atomic E-state index is -1.21. The van der Waals surface area contributed by atoms with Crippen molar-refractivity contribution in [3.8, 4) is 11.5 Å². The standard InChI is InChI=1S/C38H45FN4O6/c1-2-3-19-42-21-22-48-33-17-9-7-15-29(33)36(45)41-32(24-35(44)40-31(37(42)46)23-27-12-5-4-6-13-27)38(47)43-20-11-14-28(25-43)26-49-34-18-10-8-16-30(34)39/h4-10,12-13,15-18,28,31-32H,2-3,11,14,19-26H2,1H3,(H,40,44)(H,41,45)/t28?,31-,32-/m0/s1. The van der Waals surface area contributed by atoms with Crippen LogP contribution in [0.15, 0.2) is 78.9 Å². The molecular weight excluding hydrogens is 627 g/mol. The molecule has 2 N–H and O–H groups in total. The van der Waals surface area contributed by atoms with Crippen LogP contribution in [0.1, 0.15) is 54.9 Å². The fourth-order valence-corrected chi connectivity index (χ4v) is 6.26. The first kappa shape index (κ1) is 35.4. The van der Waals surface area contributed by atoms with Crippen LogP contribution in [0.3, 0.4) is 0 Å². The van der Waals surface area contributed by atoms with Crippen molar-refractivity contribution in [3.05, 3.63) is 95.8 Å². The van der Waals surface area contributed by atoms with Gasteiger partial charge in [0, 0.05) is 32.0 Å². The van der Waals surface area contributed by atoms with Crippen molar-refractivity contribution < 1.29 is 33.0 Å². The average molecular weight is 673 g/mol. The molecule has 1 fully saturated rings. The van der Waals surface area contributed by atoms with E-state index in [1.54, 1.807) is 52.3 Å². The van der Waals surface area contributed by atoms with Gasteiger partial charge in [0.15, 0.2) is 11.6 Å². The van der Waals surface area contributed by atoms with Gasteiger partial charge in [-0.2, -0.15) is 0 Å². The van der Waals surface area contributed by atoms with E-state index in [1.165, 1.54) is 6.07 Å². The molecule has 0 spiro atoms. The summed E-state index contributed by atoms with van der Waals surface area (Å²) in [5, 5.41) is 5.70. The summed E-state index contributed by atoms with van der Waals surface area (Å²) < 4.78 is 26.0. The van der Waals surface area contributed by atoms with E-state index >= 15 is 0 Å². The van der Waals surface area contributed by atoms with Crippen molar-refractivity contribution in [2.75, 3.05) is 39.4 Å². The van der Waals surface area contributed by atoms with Crippen LogP contribution in [0.4, 0.5) is 4.39 Å². The second-order valence-electron chi connectivity index (χ2n) is 12.6. The highest BCUT2D eigenvalue weighted by molar-refractivity contribution is 6.01. The number of halogens is 1. The van der Waals surface area contributed by atoms with Crippen molar-refractivity contribution in [3.63, 3.8) is 0 Å². The van der Waals surface area contributed by atoms with Crippen LogP contribution < -0.4 is 20.1 Å². The lowest BCUT2D eigenvalue weighted by Gasteiger charge is -2.35. The number of hydrogen-bond donors (Lipinski definition) is 2. The van der Waals surface area contributed by atoms with Crippen LogP contribution in [0, 0.1) is 11.7 Å². The molecule has 0 aromatic heterocycles. The first-order valence-electron chi connectivity index (χ1n) is 17.1. The van der Waals surface area contributed by atoms with E-state index in [-0.39, 0.29) is 55.7 Å². The number of unbranched alkanes of at least 4 members (excludes halogenated alkanes) is 1. The summed E-state index contributed by atoms with van der Waals surface area (Å²) in [5.74, 6) is -1.79. The van der Waals surface area contributed by atoms with Gasteiger partial charge in [-0.1, -0.05) is 67.9 Å². The number of piperidine rings is 1. The Hall–Kier alpha value is -4.93. The number of benzene rings is 3. The van der Waals surface area contributed by atoms with Crippen molar-refractivity contribution in [1.29, 1.82) is 0 Å². The lowest BCUT2D eigenvalue weighted by molar-refractivity contribution is -0.139. The highest BCUT2D eigenvalue weighted by atomic mass is 19.1. The van der Waals surface area contributed by atoms with E-state index < -0.39 is 35.6 Å². The molecule has 4 amide bonds. The Morgan fingerprint density at radius 2 is 1.71 bits per heavy atom. The van der Waals surface area contributed by atoms with Gasteiger partial charge < -0.3 is 29.9 Å². The molecule has 3 aromatic carbocycles. The fourth-order valence-electron chi connectivity index (χ4n) is 6.26. The molecule has 0 aliphatic carbocycles. The van der Waals surface area contributed by atoms with E-state index in [9.17, 15) is 23.6 Å². The maximum atomic E-state index is 14.2. The first-order valence-corrected chi connectivity index (χ1v) is 17.1. The largest absolute Gasteiger partial charge is 0.491 e. The zero-order chi connectivity index (χ0) is 34.6. The summed E-state index contributed by atoms with van der Waals surface area (Å²) in [6, 6.07) is 20.2. The number of nitrogens with one attached hydrogen (secondary N) is 2. The van der Waals surface area contributed by atoms with E-state index in [0.29, 0.717) is 31.8 Å². The molecule has 3 aromatic rings. The van der Waals surface area contributed by atoms with E-state index in [2.05, 4.69) is 10.6 Å². The van der Waals surface area contributed by atoms with Gasteiger partial charge in [0.25, 0.3) is 5.91 Å². The lowest BCUT2D eigenvalue weighted by atomic mass is 9.97. The SMILES string of the molecule is CCCCN1CCOc2ccccc2C(=O)N[C@H](C(=O)N2CCCC(COc3ccccc3F)C2)CC(=O)N[C@@H](Cc2ccccc2)C1=O. The number of carbonyl (C=O) groups is 4. The summed E-state index contributed by atoms with van der Waals surface area (Å²) in [7, 11) is 0. The minimum absolute atomic E-state index is 0.0727. The number of para-hydroxylation sites is 2. The maximum Gasteiger partial charge on any atom is 0.255 e. The van der Waals surface area contributed by atoms with Gasteiger partial charge in [-0.25, -0.2) is 4.39 Å². The quantitative estimate of drug-likeness (QED) is 0.349. The maximum absolute atomic E-state index is 14.2. The third-order valence-electron chi connectivity index (χ3n) is 8.89. The summed E-state index contributed by atoms with van der Waals surface area (Å²) >= 11 is 0. The predicted molar refractivity (Wildman–Crippen MR) is 183 cm³/mol. The molecule has 3 atom stereocenters. The highest BCUT2D eigenvalue weighted by Gasteiger charge is 2.34. The molecule has 260 valence electrons.